The third-order valence-electron chi connectivity index (χ3n) is 2.55. The van der Waals surface area contributed by atoms with Gasteiger partial charge in [-0.2, -0.15) is 0 Å². The SMILES string of the molecule is COC(=O)c1ccnc(Nc2ccccc2SC)c1. The van der Waals surface area contributed by atoms with Crippen molar-refractivity contribution in [3.05, 3.63) is 48.2 Å². The first kappa shape index (κ1) is 13.4. The van der Waals surface area contributed by atoms with Gasteiger partial charge in [0.05, 0.1) is 18.4 Å². The van der Waals surface area contributed by atoms with Crippen LogP contribution in [-0.2, 0) is 4.74 Å². The molecular formula is C14H14N2O2S. The van der Waals surface area contributed by atoms with E-state index in [1.165, 1.54) is 7.11 Å². The number of ether oxygens (including phenoxy) is 1. The zero-order chi connectivity index (χ0) is 13.7. The number of rotatable bonds is 4. The molecule has 1 aromatic carbocycles. The predicted octanol–water partition coefficient (Wildman–Crippen LogP) is 3.33. The van der Waals surface area contributed by atoms with Gasteiger partial charge < -0.3 is 10.1 Å². The number of methoxy groups -OCH3 is 1. The van der Waals surface area contributed by atoms with Gasteiger partial charge in [-0.3, -0.25) is 0 Å². The first-order valence-electron chi connectivity index (χ1n) is 5.69. The van der Waals surface area contributed by atoms with Crippen molar-refractivity contribution in [1.82, 2.24) is 4.98 Å². The summed E-state index contributed by atoms with van der Waals surface area (Å²) in [6.45, 7) is 0. The molecule has 0 atom stereocenters. The van der Waals surface area contributed by atoms with Crippen molar-refractivity contribution in [2.75, 3.05) is 18.7 Å². The Labute approximate surface area is 116 Å². The minimum Gasteiger partial charge on any atom is -0.465 e. The molecule has 2 rings (SSSR count). The molecule has 0 saturated heterocycles. The molecule has 0 aliphatic heterocycles. The van der Waals surface area contributed by atoms with E-state index in [1.54, 1.807) is 30.1 Å². The number of pyridine rings is 1. The molecule has 1 heterocycles. The predicted molar refractivity (Wildman–Crippen MR) is 77.1 cm³/mol. The number of hydrogen-bond donors (Lipinski definition) is 1. The Morgan fingerprint density at radius 1 is 1.32 bits per heavy atom. The fourth-order valence-electron chi connectivity index (χ4n) is 1.63. The van der Waals surface area contributed by atoms with Gasteiger partial charge >= 0.3 is 5.97 Å². The van der Waals surface area contributed by atoms with Crippen LogP contribution in [0.5, 0.6) is 0 Å². The highest BCUT2D eigenvalue weighted by molar-refractivity contribution is 7.98. The fraction of sp³-hybridized carbons (Fsp3) is 0.143. The van der Waals surface area contributed by atoms with Crippen molar-refractivity contribution in [2.24, 2.45) is 0 Å². The van der Waals surface area contributed by atoms with E-state index in [1.807, 2.05) is 30.5 Å². The molecule has 0 bridgehead atoms. The van der Waals surface area contributed by atoms with E-state index in [2.05, 4.69) is 15.0 Å². The number of nitrogens with one attached hydrogen (secondary N) is 1. The highest BCUT2D eigenvalue weighted by Gasteiger charge is 2.07. The summed E-state index contributed by atoms with van der Waals surface area (Å²) in [5.74, 6) is 0.244. The van der Waals surface area contributed by atoms with Crippen LogP contribution in [0, 0.1) is 0 Å². The van der Waals surface area contributed by atoms with Gasteiger partial charge in [-0.15, -0.1) is 11.8 Å². The molecule has 2 aromatic rings. The Morgan fingerprint density at radius 2 is 2.11 bits per heavy atom. The summed E-state index contributed by atoms with van der Waals surface area (Å²) in [5, 5.41) is 3.20. The van der Waals surface area contributed by atoms with E-state index in [-0.39, 0.29) is 5.97 Å². The Bertz CT molecular complexity index is 587. The van der Waals surface area contributed by atoms with E-state index in [0.29, 0.717) is 11.4 Å². The van der Waals surface area contributed by atoms with E-state index < -0.39 is 0 Å². The minimum atomic E-state index is -0.372. The number of para-hydroxylation sites is 1. The largest absolute Gasteiger partial charge is 0.465 e. The number of carbonyl (C=O) groups is 1. The second-order valence-corrected chi connectivity index (χ2v) is 4.59. The smallest absolute Gasteiger partial charge is 0.338 e. The zero-order valence-electron chi connectivity index (χ0n) is 10.7. The standard InChI is InChI=1S/C14H14N2O2S/c1-18-14(17)10-7-8-15-13(9-10)16-11-5-3-4-6-12(11)19-2/h3-9H,1-2H3,(H,15,16). The lowest BCUT2D eigenvalue weighted by molar-refractivity contribution is 0.0600. The molecule has 0 radical (unpaired) electrons. The van der Waals surface area contributed by atoms with Crippen molar-refractivity contribution in [3.8, 4) is 0 Å². The molecule has 0 aliphatic rings. The number of anilines is 2. The van der Waals surface area contributed by atoms with Crippen molar-refractivity contribution in [3.63, 3.8) is 0 Å². The van der Waals surface area contributed by atoms with Gasteiger partial charge in [-0.1, -0.05) is 12.1 Å². The van der Waals surface area contributed by atoms with E-state index in [0.717, 1.165) is 10.6 Å². The van der Waals surface area contributed by atoms with Crippen molar-refractivity contribution in [1.29, 1.82) is 0 Å². The monoisotopic (exact) mass is 274 g/mol. The molecule has 0 amide bonds. The molecule has 0 spiro atoms. The summed E-state index contributed by atoms with van der Waals surface area (Å²) in [7, 11) is 1.36. The van der Waals surface area contributed by atoms with Crippen LogP contribution in [0.4, 0.5) is 11.5 Å². The number of nitrogens with zero attached hydrogens (tertiary/aromatic N) is 1. The quantitative estimate of drug-likeness (QED) is 0.684. The third-order valence-corrected chi connectivity index (χ3v) is 3.35. The second-order valence-electron chi connectivity index (χ2n) is 3.75. The van der Waals surface area contributed by atoms with E-state index in [9.17, 15) is 4.79 Å². The molecule has 0 saturated carbocycles. The average molecular weight is 274 g/mol. The molecule has 19 heavy (non-hydrogen) atoms. The molecule has 1 N–H and O–H groups in total. The summed E-state index contributed by atoms with van der Waals surface area (Å²) < 4.78 is 4.69. The number of thioether (sulfide) groups is 1. The van der Waals surface area contributed by atoms with Crippen LogP contribution in [0.1, 0.15) is 10.4 Å². The van der Waals surface area contributed by atoms with E-state index in [4.69, 9.17) is 0 Å². The summed E-state index contributed by atoms with van der Waals surface area (Å²) in [6.07, 6.45) is 3.59. The maximum absolute atomic E-state index is 11.5. The second kappa shape index (κ2) is 6.24. The molecule has 4 nitrogen and oxygen atoms in total. The van der Waals surface area contributed by atoms with Gasteiger partial charge in [-0.25, -0.2) is 9.78 Å². The summed E-state index contributed by atoms with van der Waals surface area (Å²) in [4.78, 5) is 16.8. The lowest BCUT2D eigenvalue weighted by atomic mass is 10.2. The van der Waals surface area contributed by atoms with Crippen LogP contribution in [-0.4, -0.2) is 24.3 Å². The molecule has 1 aromatic heterocycles. The van der Waals surface area contributed by atoms with Crippen molar-refractivity contribution >= 4 is 29.2 Å². The maximum Gasteiger partial charge on any atom is 0.338 e. The van der Waals surface area contributed by atoms with Crippen LogP contribution >= 0.6 is 11.8 Å². The molecular weight excluding hydrogens is 260 g/mol. The molecule has 0 unspecified atom stereocenters. The highest BCUT2D eigenvalue weighted by atomic mass is 32.2. The van der Waals surface area contributed by atoms with Gasteiger partial charge in [0, 0.05) is 11.1 Å². The first-order valence-corrected chi connectivity index (χ1v) is 6.91. The van der Waals surface area contributed by atoms with Crippen LogP contribution in [0.3, 0.4) is 0 Å². The Kier molecular flexibility index (Phi) is 4.41. The molecule has 0 fully saturated rings. The van der Waals surface area contributed by atoms with Gasteiger partial charge in [0.2, 0.25) is 0 Å². The minimum absolute atomic E-state index is 0.372. The van der Waals surface area contributed by atoms with Crippen molar-refractivity contribution in [2.45, 2.75) is 4.90 Å². The number of hydrogen-bond acceptors (Lipinski definition) is 5. The Morgan fingerprint density at radius 3 is 2.84 bits per heavy atom. The topological polar surface area (TPSA) is 51.2 Å². The number of esters is 1. The Hall–Kier alpha value is -2.01. The summed E-state index contributed by atoms with van der Waals surface area (Å²) >= 11 is 1.65. The summed E-state index contributed by atoms with van der Waals surface area (Å²) in [6, 6.07) is 11.2. The van der Waals surface area contributed by atoms with Crippen LogP contribution < -0.4 is 5.32 Å². The van der Waals surface area contributed by atoms with Crippen LogP contribution in [0.25, 0.3) is 0 Å². The average Bonchev–Trinajstić information content (AvgIpc) is 2.47. The van der Waals surface area contributed by atoms with Gasteiger partial charge in [0.25, 0.3) is 0 Å². The van der Waals surface area contributed by atoms with Crippen molar-refractivity contribution < 1.29 is 9.53 Å². The van der Waals surface area contributed by atoms with Gasteiger partial charge in [0.15, 0.2) is 0 Å². The lowest BCUT2D eigenvalue weighted by Gasteiger charge is -2.10. The fourth-order valence-corrected chi connectivity index (χ4v) is 2.18. The number of aromatic nitrogens is 1. The normalized spacial score (nSPS) is 10.0. The van der Waals surface area contributed by atoms with E-state index >= 15 is 0 Å². The zero-order valence-corrected chi connectivity index (χ0v) is 11.5. The van der Waals surface area contributed by atoms with Crippen LogP contribution in [0.2, 0.25) is 0 Å². The molecule has 98 valence electrons. The maximum atomic E-state index is 11.5. The Balaban J connectivity index is 2.26. The number of benzene rings is 1. The lowest BCUT2D eigenvalue weighted by Crippen LogP contribution is -2.03. The van der Waals surface area contributed by atoms with Crippen LogP contribution in [0.15, 0.2) is 47.5 Å². The third kappa shape index (κ3) is 3.26. The highest BCUT2D eigenvalue weighted by Crippen LogP contribution is 2.27. The first-order chi connectivity index (χ1) is 9.24. The number of carbonyl (C=O) groups excluding carboxylic acids is 1. The van der Waals surface area contributed by atoms with Gasteiger partial charge in [-0.05, 0) is 30.5 Å². The summed E-state index contributed by atoms with van der Waals surface area (Å²) in [5.41, 5.74) is 1.44. The van der Waals surface area contributed by atoms with Gasteiger partial charge in [0.1, 0.15) is 5.82 Å². The molecule has 0 aliphatic carbocycles. The molecule has 5 heteroatoms.